The van der Waals surface area contributed by atoms with Crippen LogP contribution in [0.25, 0.3) is 0 Å². The fourth-order valence-corrected chi connectivity index (χ4v) is 1.50. The van der Waals surface area contributed by atoms with Gasteiger partial charge in [-0.3, -0.25) is 0 Å². The highest BCUT2D eigenvalue weighted by molar-refractivity contribution is 9.10. The molecule has 0 unspecified atom stereocenters. The van der Waals surface area contributed by atoms with Crippen molar-refractivity contribution in [1.82, 2.24) is 0 Å². The number of hydrogen-bond acceptors (Lipinski definition) is 1. The molecule has 0 saturated heterocycles. The highest BCUT2D eigenvalue weighted by Gasteiger charge is 1.97. The number of aryl methyl sites for hydroxylation is 1. The maximum absolute atomic E-state index is 5.44. The summed E-state index contributed by atoms with van der Waals surface area (Å²) in [4.78, 5) is 0. The molecule has 0 fully saturated rings. The zero-order chi connectivity index (χ0) is 9.68. The van der Waals surface area contributed by atoms with Crippen molar-refractivity contribution in [1.29, 1.82) is 0 Å². The summed E-state index contributed by atoms with van der Waals surface area (Å²) in [5.41, 5.74) is 2.56. The lowest BCUT2D eigenvalue weighted by Gasteiger charge is -2.06. The number of rotatable bonds is 3. The van der Waals surface area contributed by atoms with Gasteiger partial charge in [0.2, 0.25) is 0 Å². The van der Waals surface area contributed by atoms with E-state index in [2.05, 4.69) is 15.9 Å². The Morgan fingerprint density at radius 3 is 2.92 bits per heavy atom. The molecule has 0 aliphatic rings. The zero-order valence-electron chi connectivity index (χ0n) is 7.26. The van der Waals surface area contributed by atoms with E-state index in [1.807, 2.05) is 25.1 Å². The molecule has 0 radical (unpaired) electrons. The standard InChI is InChI=1S/C10H10BrClO/c1-8-7-9(11)3-4-10(8)13-6-2-5-12/h2-5,7H,6H2,1H3/b5-2+. The van der Waals surface area contributed by atoms with Crippen molar-refractivity contribution >= 4 is 27.5 Å². The van der Waals surface area contributed by atoms with Crippen molar-refractivity contribution in [3.05, 3.63) is 39.8 Å². The van der Waals surface area contributed by atoms with Crippen LogP contribution in [0.2, 0.25) is 0 Å². The predicted molar refractivity (Wildman–Crippen MR) is 59.4 cm³/mol. The van der Waals surface area contributed by atoms with Crippen LogP contribution in [0.1, 0.15) is 5.56 Å². The first-order chi connectivity index (χ1) is 6.24. The van der Waals surface area contributed by atoms with Gasteiger partial charge >= 0.3 is 0 Å². The molecule has 0 aliphatic carbocycles. The van der Waals surface area contributed by atoms with Gasteiger partial charge in [-0.25, -0.2) is 0 Å². The molecule has 0 spiro atoms. The Balaban J connectivity index is 2.66. The molecule has 1 aromatic carbocycles. The van der Waals surface area contributed by atoms with E-state index < -0.39 is 0 Å². The van der Waals surface area contributed by atoms with Gasteiger partial charge in [-0.2, -0.15) is 0 Å². The zero-order valence-corrected chi connectivity index (χ0v) is 9.60. The van der Waals surface area contributed by atoms with E-state index in [0.29, 0.717) is 6.61 Å². The topological polar surface area (TPSA) is 9.23 Å². The van der Waals surface area contributed by atoms with Crippen molar-refractivity contribution in [3.63, 3.8) is 0 Å². The van der Waals surface area contributed by atoms with Crippen molar-refractivity contribution < 1.29 is 4.74 Å². The van der Waals surface area contributed by atoms with Gasteiger partial charge in [-0.15, -0.1) is 0 Å². The smallest absolute Gasteiger partial charge is 0.122 e. The van der Waals surface area contributed by atoms with Crippen LogP contribution < -0.4 is 4.74 Å². The summed E-state index contributed by atoms with van der Waals surface area (Å²) in [7, 11) is 0. The SMILES string of the molecule is Cc1cc(Br)ccc1OC/C=C/Cl. The summed E-state index contributed by atoms with van der Waals surface area (Å²) in [6.07, 6.45) is 1.75. The minimum atomic E-state index is 0.506. The molecule has 0 N–H and O–H groups in total. The molecule has 1 aromatic rings. The third-order valence-electron chi connectivity index (χ3n) is 1.56. The summed E-state index contributed by atoms with van der Waals surface area (Å²) in [6, 6.07) is 5.90. The number of hydrogen-bond donors (Lipinski definition) is 0. The molecule has 0 aromatic heterocycles. The van der Waals surface area contributed by atoms with Crippen LogP contribution in [0.3, 0.4) is 0 Å². The van der Waals surface area contributed by atoms with Crippen molar-refractivity contribution in [2.75, 3.05) is 6.61 Å². The molecule has 0 saturated carbocycles. The average molecular weight is 262 g/mol. The van der Waals surface area contributed by atoms with Gasteiger partial charge in [0, 0.05) is 10.0 Å². The van der Waals surface area contributed by atoms with E-state index in [9.17, 15) is 0 Å². The summed E-state index contributed by atoms with van der Waals surface area (Å²) in [5, 5.41) is 0. The van der Waals surface area contributed by atoms with Crippen LogP contribution in [0, 0.1) is 6.92 Å². The molecule has 0 amide bonds. The minimum Gasteiger partial charge on any atom is -0.489 e. The molecule has 70 valence electrons. The normalized spacial score (nSPS) is 10.7. The van der Waals surface area contributed by atoms with Crippen molar-refractivity contribution in [2.45, 2.75) is 6.92 Å². The van der Waals surface area contributed by atoms with Gasteiger partial charge in [-0.05, 0) is 36.8 Å². The summed E-state index contributed by atoms with van der Waals surface area (Å²) in [5.74, 6) is 0.887. The van der Waals surface area contributed by atoms with Crippen LogP contribution >= 0.6 is 27.5 Å². The van der Waals surface area contributed by atoms with Crippen LogP contribution in [-0.2, 0) is 0 Å². The van der Waals surface area contributed by atoms with Gasteiger partial charge in [0.1, 0.15) is 12.4 Å². The third-order valence-corrected chi connectivity index (χ3v) is 2.23. The Labute approximate surface area is 91.5 Å². The van der Waals surface area contributed by atoms with Crippen molar-refractivity contribution in [3.8, 4) is 5.75 Å². The van der Waals surface area contributed by atoms with E-state index in [0.717, 1.165) is 15.8 Å². The first-order valence-electron chi connectivity index (χ1n) is 3.88. The Bertz CT molecular complexity index is 310. The molecule has 0 heterocycles. The molecule has 1 rings (SSSR count). The van der Waals surface area contributed by atoms with E-state index in [1.54, 1.807) is 6.08 Å². The number of benzene rings is 1. The highest BCUT2D eigenvalue weighted by Crippen LogP contribution is 2.21. The lowest BCUT2D eigenvalue weighted by atomic mass is 10.2. The second-order valence-electron chi connectivity index (χ2n) is 2.58. The summed E-state index contributed by atoms with van der Waals surface area (Å²) in [6.45, 7) is 2.51. The fraction of sp³-hybridized carbons (Fsp3) is 0.200. The summed E-state index contributed by atoms with van der Waals surface area (Å²) >= 11 is 8.75. The molecule has 13 heavy (non-hydrogen) atoms. The average Bonchev–Trinajstić information content (AvgIpc) is 2.09. The third kappa shape index (κ3) is 3.41. The second-order valence-corrected chi connectivity index (χ2v) is 3.75. The molecule has 0 aliphatic heterocycles. The first kappa shape index (κ1) is 10.6. The van der Waals surface area contributed by atoms with Gasteiger partial charge < -0.3 is 4.74 Å². The molecule has 3 heteroatoms. The fourth-order valence-electron chi connectivity index (χ4n) is 0.949. The summed E-state index contributed by atoms with van der Waals surface area (Å²) < 4.78 is 6.50. The van der Waals surface area contributed by atoms with E-state index in [4.69, 9.17) is 16.3 Å². The van der Waals surface area contributed by atoms with Crippen LogP contribution in [0.4, 0.5) is 0 Å². The predicted octanol–water partition coefficient (Wildman–Crippen LogP) is 3.89. The first-order valence-corrected chi connectivity index (χ1v) is 5.11. The Hall–Kier alpha value is -0.470. The van der Waals surface area contributed by atoms with E-state index in [-0.39, 0.29) is 0 Å². The quantitative estimate of drug-likeness (QED) is 0.802. The molecule has 0 atom stereocenters. The van der Waals surface area contributed by atoms with E-state index >= 15 is 0 Å². The molecular weight excluding hydrogens is 251 g/mol. The van der Waals surface area contributed by atoms with Gasteiger partial charge in [0.15, 0.2) is 0 Å². The van der Waals surface area contributed by atoms with Gasteiger partial charge in [-0.1, -0.05) is 27.5 Å². The Kier molecular flexibility index (Phi) is 4.33. The van der Waals surface area contributed by atoms with Crippen LogP contribution in [-0.4, -0.2) is 6.61 Å². The number of ether oxygens (including phenoxy) is 1. The highest BCUT2D eigenvalue weighted by atomic mass is 79.9. The Morgan fingerprint density at radius 1 is 1.54 bits per heavy atom. The maximum atomic E-state index is 5.44. The van der Waals surface area contributed by atoms with Gasteiger partial charge in [0.25, 0.3) is 0 Å². The Morgan fingerprint density at radius 2 is 2.31 bits per heavy atom. The van der Waals surface area contributed by atoms with E-state index in [1.165, 1.54) is 5.54 Å². The molecule has 1 nitrogen and oxygen atoms in total. The minimum absolute atomic E-state index is 0.506. The van der Waals surface area contributed by atoms with Crippen LogP contribution in [0.15, 0.2) is 34.3 Å². The molecular formula is C10H10BrClO. The second kappa shape index (κ2) is 5.30. The monoisotopic (exact) mass is 260 g/mol. The van der Waals surface area contributed by atoms with Crippen LogP contribution in [0.5, 0.6) is 5.75 Å². The van der Waals surface area contributed by atoms with Gasteiger partial charge in [0.05, 0.1) is 0 Å². The maximum Gasteiger partial charge on any atom is 0.122 e. The largest absolute Gasteiger partial charge is 0.489 e. The lowest BCUT2D eigenvalue weighted by molar-refractivity contribution is 0.360. The number of halogens is 2. The lowest BCUT2D eigenvalue weighted by Crippen LogP contribution is -1.94. The molecule has 0 bridgehead atoms. The van der Waals surface area contributed by atoms with Crippen molar-refractivity contribution in [2.24, 2.45) is 0 Å².